The van der Waals surface area contributed by atoms with E-state index in [1.807, 2.05) is 0 Å². The SMILES string of the molecule is Cn1cnc(S(=O)(=O)N2CCCCC2CNC(=O)OC(C)(C)C)c1. The van der Waals surface area contributed by atoms with Crippen molar-refractivity contribution in [1.82, 2.24) is 19.2 Å². The molecule has 0 saturated carbocycles. The van der Waals surface area contributed by atoms with Crippen LogP contribution in [0.1, 0.15) is 40.0 Å². The Morgan fingerprint density at radius 2 is 2.12 bits per heavy atom. The minimum absolute atomic E-state index is 0.0363. The average molecular weight is 358 g/mol. The van der Waals surface area contributed by atoms with Gasteiger partial charge in [-0.2, -0.15) is 4.31 Å². The highest BCUT2D eigenvalue weighted by Crippen LogP contribution is 2.24. The summed E-state index contributed by atoms with van der Waals surface area (Å²) in [5.41, 5.74) is -0.587. The van der Waals surface area contributed by atoms with Crippen molar-refractivity contribution in [2.45, 2.75) is 56.7 Å². The molecule has 0 spiro atoms. The van der Waals surface area contributed by atoms with Crippen LogP contribution < -0.4 is 5.32 Å². The molecule has 9 heteroatoms. The maximum absolute atomic E-state index is 12.8. The Bertz CT molecular complexity index is 678. The standard InChI is InChI=1S/C15H26N4O4S/c1-15(2,3)23-14(20)16-9-12-7-5-6-8-19(12)24(21,22)13-10-18(4)11-17-13/h10-12H,5-9H2,1-4H3,(H,16,20). The van der Waals surface area contributed by atoms with Gasteiger partial charge in [0.15, 0.2) is 5.03 Å². The average Bonchev–Trinajstić information content (AvgIpc) is 2.91. The first kappa shape index (κ1) is 18.7. The van der Waals surface area contributed by atoms with Crippen LogP contribution >= 0.6 is 0 Å². The van der Waals surface area contributed by atoms with E-state index in [4.69, 9.17) is 4.74 Å². The Morgan fingerprint density at radius 3 is 2.71 bits per heavy atom. The van der Waals surface area contributed by atoms with Gasteiger partial charge in [-0.15, -0.1) is 0 Å². The first-order valence-electron chi connectivity index (χ1n) is 8.06. The van der Waals surface area contributed by atoms with Crippen LogP contribution in [0.15, 0.2) is 17.6 Å². The zero-order valence-corrected chi connectivity index (χ0v) is 15.5. The van der Waals surface area contributed by atoms with Crippen LogP contribution in [0.2, 0.25) is 0 Å². The zero-order chi connectivity index (χ0) is 18.0. The molecule has 1 N–H and O–H groups in total. The van der Waals surface area contributed by atoms with Crippen molar-refractivity contribution in [3.63, 3.8) is 0 Å². The molecule has 0 aliphatic carbocycles. The minimum atomic E-state index is -3.66. The molecule has 24 heavy (non-hydrogen) atoms. The third kappa shape index (κ3) is 4.70. The number of carbonyl (C=O) groups is 1. The van der Waals surface area contributed by atoms with E-state index in [-0.39, 0.29) is 17.6 Å². The Kier molecular flexibility index (Phi) is 5.54. The highest BCUT2D eigenvalue weighted by molar-refractivity contribution is 7.89. The number of sulfonamides is 1. The number of piperidine rings is 1. The maximum Gasteiger partial charge on any atom is 0.407 e. The Labute approximate surface area is 143 Å². The van der Waals surface area contributed by atoms with Crippen molar-refractivity contribution in [3.8, 4) is 0 Å². The molecule has 1 aliphatic rings. The van der Waals surface area contributed by atoms with Crippen molar-refractivity contribution in [1.29, 1.82) is 0 Å². The summed E-state index contributed by atoms with van der Waals surface area (Å²) in [5, 5.41) is 2.71. The largest absolute Gasteiger partial charge is 0.444 e. The fourth-order valence-electron chi connectivity index (χ4n) is 2.65. The Hall–Kier alpha value is -1.61. The van der Waals surface area contributed by atoms with Crippen LogP contribution in [0.5, 0.6) is 0 Å². The molecule has 136 valence electrons. The number of aromatic nitrogens is 2. The van der Waals surface area contributed by atoms with Crippen LogP contribution in [0.3, 0.4) is 0 Å². The van der Waals surface area contributed by atoms with Crippen molar-refractivity contribution in [2.24, 2.45) is 7.05 Å². The van der Waals surface area contributed by atoms with Gasteiger partial charge in [-0.25, -0.2) is 18.2 Å². The van der Waals surface area contributed by atoms with Gasteiger partial charge in [-0.3, -0.25) is 0 Å². The summed E-state index contributed by atoms with van der Waals surface area (Å²) in [6.45, 7) is 6.00. The van der Waals surface area contributed by atoms with Crippen LogP contribution in [-0.4, -0.2) is 53.1 Å². The van der Waals surface area contributed by atoms with Gasteiger partial charge in [0.2, 0.25) is 0 Å². The number of rotatable bonds is 4. The molecule has 0 radical (unpaired) electrons. The molecule has 1 fully saturated rings. The predicted molar refractivity (Wildman–Crippen MR) is 89.0 cm³/mol. The molecule has 1 amide bonds. The third-order valence-electron chi connectivity index (χ3n) is 3.71. The maximum atomic E-state index is 12.8. The van der Waals surface area contributed by atoms with Crippen molar-refractivity contribution < 1.29 is 17.9 Å². The number of hydrogen-bond acceptors (Lipinski definition) is 5. The lowest BCUT2D eigenvalue weighted by Crippen LogP contribution is -2.49. The normalized spacial score (nSPS) is 19.9. The number of hydrogen-bond donors (Lipinski definition) is 1. The fourth-order valence-corrected chi connectivity index (χ4v) is 4.31. The molecule has 1 aromatic heterocycles. The van der Waals surface area contributed by atoms with Crippen LogP contribution in [-0.2, 0) is 21.8 Å². The minimum Gasteiger partial charge on any atom is -0.444 e. The van der Waals surface area contributed by atoms with Crippen molar-refractivity contribution in [3.05, 3.63) is 12.5 Å². The topological polar surface area (TPSA) is 93.5 Å². The summed E-state index contributed by atoms with van der Waals surface area (Å²) >= 11 is 0. The molecule has 1 aliphatic heterocycles. The predicted octanol–water partition coefficient (Wildman–Crippen LogP) is 1.49. The van der Waals surface area contributed by atoms with E-state index in [0.29, 0.717) is 13.0 Å². The van der Waals surface area contributed by atoms with Crippen molar-refractivity contribution in [2.75, 3.05) is 13.1 Å². The Morgan fingerprint density at radius 1 is 1.42 bits per heavy atom. The van der Waals surface area contributed by atoms with Crippen LogP contribution in [0, 0.1) is 0 Å². The van der Waals surface area contributed by atoms with Gasteiger partial charge in [0, 0.05) is 32.4 Å². The summed E-state index contributed by atoms with van der Waals surface area (Å²) in [5.74, 6) is 0. The molecule has 8 nitrogen and oxygen atoms in total. The quantitative estimate of drug-likeness (QED) is 0.880. The smallest absolute Gasteiger partial charge is 0.407 e. The van der Waals surface area contributed by atoms with Crippen molar-refractivity contribution >= 4 is 16.1 Å². The summed E-state index contributed by atoms with van der Waals surface area (Å²) in [6.07, 6.45) is 4.84. The number of aryl methyl sites for hydroxylation is 1. The summed E-state index contributed by atoms with van der Waals surface area (Å²) in [4.78, 5) is 15.8. The number of alkyl carbamates (subject to hydrolysis) is 1. The van der Waals surface area contributed by atoms with E-state index in [1.54, 1.807) is 32.4 Å². The van der Waals surface area contributed by atoms with Gasteiger partial charge in [0.25, 0.3) is 10.0 Å². The van der Waals surface area contributed by atoms with E-state index < -0.39 is 21.7 Å². The Balaban J connectivity index is 2.06. The molecule has 0 aromatic carbocycles. The van der Waals surface area contributed by atoms with Gasteiger partial charge < -0.3 is 14.6 Å². The lowest BCUT2D eigenvalue weighted by atomic mass is 10.1. The number of nitrogens with zero attached hydrogens (tertiary/aromatic N) is 3. The van der Waals surface area contributed by atoms with Gasteiger partial charge in [0.1, 0.15) is 5.60 Å². The molecular weight excluding hydrogens is 332 g/mol. The molecule has 1 unspecified atom stereocenters. The van der Waals surface area contributed by atoms with Gasteiger partial charge in [-0.05, 0) is 33.6 Å². The van der Waals surface area contributed by atoms with E-state index in [1.165, 1.54) is 16.8 Å². The van der Waals surface area contributed by atoms with Crippen LogP contribution in [0.4, 0.5) is 4.79 Å². The summed E-state index contributed by atoms with van der Waals surface area (Å²) in [7, 11) is -1.94. The molecule has 2 rings (SSSR count). The van der Waals surface area contributed by atoms with Gasteiger partial charge in [0.05, 0.1) is 6.33 Å². The second kappa shape index (κ2) is 7.10. The van der Waals surface area contributed by atoms with Gasteiger partial charge >= 0.3 is 6.09 Å². The van der Waals surface area contributed by atoms with Crippen LogP contribution in [0.25, 0.3) is 0 Å². The number of imidazole rings is 1. The number of nitrogens with one attached hydrogen (secondary N) is 1. The number of amides is 1. The highest BCUT2D eigenvalue weighted by Gasteiger charge is 2.35. The summed E-state index contributed by atoms with van der Waals surface area (Å²) in [6, 6.07) is -0.293. The van der Waals surface area contributed by atoms with E-state index in [9.17, 15) is 13.2 Å². The van der Waals surface area contributed by atoms with E-state index >= 15 is 0 Å². The molecule has 1 aromatic rings. The molecule has 1 saturated heterocycles. The molecule has 0 bridgehead atoms. The second-order valence-electron chi connectivity index (χ2n) is 7.03. The van der Waals surface area contributed by atoms with E-state index in [0.717, 1.165) is 12.8 Å². The number of ether oxygens (including phenoxy) is 1. The fraction of sp³-hybridized carbons (Fsp3) is 0.733. The lowest BCUT2D eigenvalue weighted by Gasteiger charge is -2.34. The lowest BCUT2D eigenvalue weighted by molar-refractivity contribution is 0.0512. The second-order valence-corrected chi connectivity index (χ2v) is 8.86. The monoisotopic (exact) mass is 358 g/mol. The van der Waals surface area contributed by atoms with E-state index in [2.05, 4.69) is 10.3 Å². The highest BCUT2D eigenvalue weighted by atomic mass is 32.2. The molecule has 2 heterocycles. The molecular formula is C15H26N4O4S. The first-order chi connectivity index (χ1) is 11.1. The summed E-state index contributed by atoms with van der Waals surface area (Å²) < 4.78 is 33.8. The number of carbonyl (C=O) groups excluding carboxylic acids is 1. The van der Waals surface area contributed by atoms with Gasteiger partial charge in [-0.1, -0.05) is 6.42 Å². The first-order valence-corrected chi connectivity index (χ1v) is 9.50. The molecule has 1 atom stereocenters. The zero-order valence-electron chi connectivity index (χ0n) is 14.7. The third-order valence-corrected chi connectivity index (χ3v) is 5.55.